The van der Waals surface area contributed by atoms with E-state index in [1.54, 1.807) is 0 Å². The molecule has 0 spiro atoms. The monoisotopic (exact) mass is 327 g/mol. The van der Waals surface area contributed by atoms with Gasteiger partial charge in [-0.2, -0.15) is 0 Å². The summed E-state index contributed by atoms with van der Waals surface area (Å²) in [5.41, 5.74) is 0. The maximum absolute atomic E-state index is 3.75. The largest absolute Gasteiger partial charge is 0.314 e. The van der Waals surface area contributed by atoms with Gasteiger partial charge in [0.05, 0.1) is 0 Å². The van der Waals surface area contributed by atoms with Gasteiger partial charge >= 0.3 is 0 Å². The van der Waals surface area contributed by atoms with Crippen LogP contribution in [-0.4, -0.2) is 12.6 Å². The molecule has 3 heteroatoms. The van der Waals surface area contributed by atoms with Gasteiger partial charge in [-0.15, -0.1) is 11.3 Å². The third-order valence-corrected chi connectivity index (χ3v) is 6.42. The lowest BCUT2D eigenvalue weighted by Crippen LogP contribution is -2.33. The molecule has 1 aromatic heterocycles. The summed E-state index contributed by atoms with van der Waals surface area (Å²) in [5, 5.41) is 5.96. The predicted octanol–water partition coefficient (Wildman–Crippen LogP) is 4.47. The summed E-state index contributed by atoms with van der Waals surface area (Å²) in [6.07, 6.45) is 7.15. The highest BCUT2D eigenvalue weighted by molar-refractivity contribution is 9.10. The first kappa shape index (κ1) is 13.1. The average molecular weight is 328 g/mol. The number of nitrogens with one attached hydrogen (secondary N) is 1. The van der Waals surface area contributed by atoms with Gasteiger partial charge < -0.3 is 5.32 Å². The van der Waals surface area contributed by atoms with Crippen molar-refractivity contribution in [1.29, 1.82) is 0 Å². The molecule has 0 amide bonds. The van der Waals surface area contributed by atoms with Crippen molar-refractivity contribution in [3.63, 3.8) is 0 Å². The molecule has 1 nitrogen and oxygen atoms in total. The van der Waals surface area contributed by atoms with E-state index in [1.165, 1.54) is 41.5 Å². The zero-order valence-corrected chi connectivity index (χ0v) is 13.4. The molecular weight excluding hydrogens is 306 g/mol. The topological polar surface area (TPSA) is 12.0 Å². The molecule has 1 heterocycles. The molecule has 3 atom stereocenters. The number of halogens is 1. The number of hydrogen-bond donors (Lipinski definition) is 1. The van der Waals surface area contributed by atoms with E-state index < -0.39 is 0 Å². The Hall–Kier alpha value is 0.140. The van der Waals surface area contributed by atoms with Crippen molar-refractivity contribution in [3.8, 4) is 0 Å². The number of likely N-dealkylation sites (N-methyl/N-ethyl adjacent to an activating group) is 1. The highest BCUT2D eigenvalue weighted by atomic mass is 79.9. The molecule has 100 valence electrons. The average Bonchev–Trinajstić information content (AvgIpc) is 2.96. The van der Waals surface area contributed by atoms with Gasteiger partial charge in [0, 0.05) is 20.8 Å². The summed E-state index contributed by atoms with van der Waals surface area (Å²) in [6, 6.07) is 3.01. The van der Waals surface area contributed by atoms with Crippen molar-refractivity contribution < 1.29 is 0 Å². The highest BCUT2D eigenvalue weighted by Gasteiger charge is 2.53. The van der Waals surface area contributed by atoms with Crippen LogP contribution in [0.4, 0.5) is 0 Å². The fraction of sp³-hybridized carbons (Fsp3) is 0.733. The van der Waals surface area contributed by atoms with Gasteiger partial charge in [-0.25, -0.2) is 0 Å². The van der Waals surface area contributed by atoms with Crippen LogP contribution in [0.15, 0.2) is 15.9 Å². The molecule has 18 heavy (non-hydrogen) atoms. The van der Waals surface area contributed by atoms with Gasteiger partial charge in [0.2, 0.25) is 0 Å². The molecule has 0 saturated heterocycles. The molecule has 1 N–H and O–H groups in total. The zero-order valence-electron chi connectivity index (χ0n) is 11.0. The lowest BCUT2D eigenvalue weighted by molar-refractivity contribution is 0.440. The van der Waals surface area contributed by atoms with E-state index in [1.807, 2.05) is 11.3 Å². The summed E-state index contributed by atoms with van der Waals surface area (Å²) < 4.78 is 1.24. The normalized spacial score (nSPS) is 32.0. The molecule has 0 bridgehead atoms. The summed E-state index contributed by atoms with van der Waals surface area (Å²) in [7, 11) is 0. The Morgan fingerprint density at radius 2 is 2.11 bits per heavy atom. The van der Waals surface area contributed by atoms with E-state index in [-0.39, 0.29) is 0 Å². The molecular formula is C15H22BrNS. The van der Waals surface area contributed by atoms with E-state index >= 15 is 0 Å². The Morgan fingerprint density at radius 3 is 2.67 bits per heavy atom. The van der Waals surface area contributed by atoms with Crippen molar-refractivity contribution >= 4 is 27.3 Å². The number of rotatable bonds is 5. The summed E-state index contributed by atoms with van der Waals surface area (Å²) in [6.45, 7) is 3.34. The molecule has 0 radical (unpaired) electrons. The van der Waals surface area contributed by atoms with Gasteiger partial charge in [0.1, 0.15) is 0 Å². The molecule has 2 aliphatic carbocycles. The minimum atomic E-state index is 0.716. The van der Waals surface area contributed by atoms with E-state index in [9.17, 15) is 0 Å². The predicted molar refractivity (Wildman–Crippen MR) is 82.1 cm³/mol. The first-order valence-electron chi connectivity index (χ1n) is 7.26. The van der Waals surface area contributed by atoms with E-state index in [0.717, 1.165) is 24.3 Å². The molecule has 3 rings (SSSR count). The smallest absolute Gasteiger partial charge is 0.0285 e. The second kappa shape index (κ2) is 5.64. The standard InChI is InChI=1S/C15H22BrNS/c1-2-17-14(8-11-7-10(16)9-18-11)15-12-5-3-4-6-13(12)15/h7,9,12-15,17H,2-6,8H2,1H3. The fourth-order valence-corrected chi connectivity index (χ4v) is 5.44. The fourth-order valence-electron chi connectivity index (χ4n) is 3.93. The zero-order chi connectivity index (χ0) is 12.5. The first-order chi connectivity index (χ1) is 8.79. The SMILES string of the molecule is CCNC(Cc1cc(Br)cs1)C1C2CCCCC21. The van der Waals surface area contributed by atoms with Crippen LogP contribution in [0.5, 0.6) is 0 Å². The van der Waals surface area contributed by atoms with Gasteiger partial charge in [0.15, 0.2) is 0 Å². The van der Waals surface area contributed by atoms with Gasteiger partial charge in [0.25, 0.3) is 0 Å². The molecule has 0 aromatic carbocycles. The number of hydrogen-bond acceptors (Lipinski definition) is 2. The van der Waals surface area contributed by atoms with Gasteiger partial charge in [-0.05, 0) is 65.6 Å². The van der Waals surface area contributed by atoms with Crippen LogP contribution in [-0.2, 0) is 6.42 Å². The van der Waals surface area contributed by atoms with Crippen LogP contribution >= 0.6 is 27.3 Å². The van der Waals surface area contributed by atoms with Crippen LogP contribution in [0.2, 0.25) is 0 Å². The van der Waals surface area contributed by atoms with Crippen LogP contribution in [0.25, 0.3) is 0 Å². The first-order valence-corrected chi connectivity index (χ1v) is 8.93. The van der Waals surface area contributed by atoms with E-state index in [4.69, 9.17) is 0 Å². The van der Waals surface area contributed by atoms with Crippen molar-refractivity contribution in [2.24, 2.45) is 17.8 Å². The quantitative estimate of drug-likeness (QED) is 0.841. The van der Waals surface area contributed by atoms with E-state index in [0.29, 0.717) is 6.04 Å². The van der Waals surface area contributed by atoms with E-state index in [2.05, 4.69) is 39.6 Å². The Morgan fingerprint density at radius 1 is 1.39 bits per heavy atom. The molecule has 1 aromatic rings. The van der Waals surface area contributed by atoms with Crippen molar-refractivity contribution in [1.82, 2.24) is 5.32 Å². The van der Waals surface area contributed by atoms with Gasteiger partial charge in [-0.1, -0.05) is 19.8 Å². The summed E-state index contributed by atoms with van der Waals surface area (Å²) in [4.78, 5) is 1.52. The maximum atomic E-state index is 3.75. The Labute approximate surface area is 122 Å². The second-order valence-electron chi connectivity index (χ2n) is 5.79. The Bertz CT molecular complexity index is 391. The lowest BCUT2D eigenvalue weighted by atomic mass is 10.0. The minimum Gasteiger partial charge on any atom is -0.314 e. The number of thiophene rings is 1. The third-order valence-electron chi connectivity index (χ3n) is 4.70. The Kier molecular flexibility index (Phi) is 4.12. The Balaban J connectivity index is 1.65. The molecule has 3 unspecified atom stereocenters. The lowest BCUT2D eigenvalue weighted by Gasteiger charge is -2.17. The van der Waals surface area contributed by atoms with Crippen LogP contribution in [0, 0.1) is 17.8 Å². The van der Waals surface area contributed by atoms with Crippen molar-refractivity contribution in [3.05, 3.63) is 20.8 Å². The van der Waals surface area contributed by atoms with Crippen LogP contribution in [0.3, 0.4) is 0 Å². The number of fused-ring (bicyclic) bond motifs is 1. The summed E-state index contributed by atoms with van der Waals surface area (Å²) >= 11 is 5.46. The third kappa shape index (κ3) is 2.68. The molecule has 2 fully saturated rings. The van der Waals surface area contributed by atoms with Crippen LogP contribution in [0.1, 0.15) is 37.5 Å². The minimum absolute atomic E-state index is 0.716. The maximum Gasteiger partial charge on any atom is 0.0285 e. The van der Waals surface area contributed by atoms with Crippen LogP contribution < -0.4 is 5.32 Å². The second-order valence-corrected chi connectivity index (χ2v) is 7.70. The van der Waals surface area contributed by atoms with Gasteiger partial charge in [-0.3, -0.25) is 0 Å². The summed E-state index contributed by atoms with van der Waals surface area (Å²) in [5.74, 6) is 3.06. The molecule has 2 saturated carbocycles. The van der Waals surface area contributed by atoms with Crippen molar-refractivity contribution in [2.45, 2.75) is 45.1 Å². The molecule has 0 aliphatic heterocycles. The van der Waals surface area contributed by atoms with Crippen molar-refractivity contribution in [2.75, 3.05) is 6.54 Å². The molecule has 2 aliphatic rings. The highest BCUT2D eigenvalue weighted by Crippen LogP contribution is 2.57.